The van der Waals surface area contributed by atoms with Crippen LogP contribution >= 0.6 is 0 Å². The molecule has 1 N–H and O–H groups in total. The summed E-state index contributed by atoms with van der Waals surface area (Å²) in [6.45, 7) is 0.385. The van der Waals surface area contributed by atoms with Gasteiger partial charge in [-0.05, 0) is 41.8 Å². The van der Waals surface area contributed by atoms with Crippen molar-refractivity contribution in [2.24, 2.45) is 0 Å². The Morgan fingerprint density at radius 3 is 2.63 bits per heavy atom. The zero-order valence-electron chi connectivity index (χ0n) is 15.8. The van der Waals surface area contributed by atoms with Gasteiger partial charge in [0, 0.05) is 11.1 Å². The van der Waals surface area contributed by atoms with Crippen LogP contribution in [0.4, 0.5) is 0 Å². The average molecular weight is 396 g/mol. The van der Waals surface area contributed by atoms with Gasteiger partial charge in [-0.3, -0.25) is 4.79 Å². The van der Waals surface area contributed by atoms with Gasteiger partial charge in [-0.25, -0.2) is 9.48 Å². The number of para-hydroxylation sites is 2. The number of benzene rings is 3. The van der Waals surface area contributed by atoms with E-state index in [1.54, 1.807) is 36.5 Å². The third-order valence-corrected chi connectivity index (χ3v) is 5.10. The van der Waals surface area contributed by atoms with Crippen LogP contribution in [-0.2, 0) is 6.54 Å². The quantitative estimate of drug-likeness (QED) is 0.470. The third kappa shape index (κ3) is 2.93. The maximum atomic E-state index is 12.4. The molecule has 5 rings (SSSR count). The third-order valence-electron chi connectivity index (χ3n) is 5.10. The molecule has 0 radical (unpaired) electrons. The van der Waals surface area contributed by atoms with Gasteiger partial charge in [0.1, 0.15) is 5.69 Å². The molecule has 0 amide bonds. The predicted molar refractivity (Wildman–Crippen MR) is 112 cm³/mol. The maximum Gasteiger partial charge on any atom is 0.337 e. The fraction of sp³-hybridized carbons (Fsp3) is 0.0435. The molecule has 30 heavy (non-hydrogen) atoms. The van der Waals surface area contributed by atoms with Gasteiger partial charge in [0.2, 0.25) is 0 Å². The van der Waals surface area contributed by atoms with Crippen molar-refractivity contribution >= 4 is 16.9 Å². The molecule has 7 nitrogen and oxygen atoms in total. The minimum absolute atomic E-state index is 0.0361. The highest BCUT2D eigenvalue weighted by molar-refractivity contribution is 5.91. The van der Waals surface area contributed by atoms with Gasteiger partial charge in [0.15, 0.2) is 5.43 Å². The molecule has 0 bridgehead atoms. The van der Waals surface area contributed by atoms with E-state index in [1.807, 2.05) is 41.0 Å². The summed E-state index contributed by atoms with van der Waals surface area (Å²) in [5.41, 5.74) is 3.62. The molecule has 2 aliphatic rings. The molecule has 3 aromatic rings. The molecule has 2 heterocycles. The van der Waals surface area contributed by atoms with Crippen molar-refractivity contribution < 1.29 is 9.90 Å². The molecule has 0 spiro atoms. The summed E-state index contributed by atoms with van der Waals surface area (Å²) < 4.78 is 3.50. The molecule has 0 saturated carbocycles. The number of fused-ring (bicyclic) bond motifs is 2. The Kier molecular flexibility index (Phi) is 4.14. The number of pyridine rings is 1. The first kappa shape index (κ1) is 17.8. The van der Waals surface area contributed by atoms with Crippen LogP contribution in [0.5, 0.6) is 0 Å². The summed E-state index contributed by atoms with van der Waals surface area (Å²) in [5, 5.41) is 18.8. The molecule has 1 aromatic heterocycles. The maximum absolute atomic E-state index is 12.4. The predicted octanol–water partition coefficient (Wildman–Crippen LogP) is 3.43. The highest BCUT2D eigenvalue weighted by Crippen LogP contribution is 2.27. The fourth-order valence-electron chi connectivity index (χ4n) is 3.73. The number of aromatic nitrogens is 4. The molecule has 2 aromatic carbocycles. The summed E-state index contributed by atoms with van der Waals surface area (Å²) >= 11 is 0. The van der Waals surface area contributed by atoms with Crippen molar-refractivity contribution in [2.45, 2.75) is 6.54 Å². The largest absolute Gasteiger partial charge is 0.478 e. The second-order valence-electron chi connectivity index (χ2n) is 6.95. The van der Waals surface area contributed by atoms with Crippen LogP contribution in [0.1, 0.15) is 16.1 Å². The van der Waals surface area contributed by atoms with E-state index in [0.29, 0.717) is 23.5 Å². The monoisotopic (exact) mass is 396 g/mol. The Morgan fingerprint density at radius 1 is 0.967 bits per heavy atom. The Morgan fingerprint density at radius 2 is 1.77 bits per heavy atom. The van der Waals surface area contributed by atoms with Gasteiger partial charge in [0.25, 0.3) is 0 Å². The standard InChI is InChI=1S/C23H16N4O3/c28-22-11-5-10-20-18(22)12-15-6-1-3-8-19(15)26(20)13-16-14-27(25-24-16)21-9-4-2-7-17(21)23(29)30/h1-12,14H,13H2,(H,29,30). The molecule has 146 valence electrons. The average Bonchev–Trinajstić information content (AvgIpc) is 3.23. The zero-order valence-corrected chi connectivity index (χ0v) is 15.8. The highest BCUT2D eigenvalue weighted by Gasteiger charge is 2.16. The molecule has 0 unspecified atom stereocenters. The van der Waals surface area contributed by atoms with E-state index in [4.69, 9.17) is 0 Å². The minimum atomic E-state index is -1.03. The lowest BCUT2D eigenvalue weighted by Crippen LogP contribution is -2.13. The van der Waals surface area contributed by atoms with E-state index in [2.05, 4.69) is 10.3 Å². The normalized spacial score (nSPS) is 11.2. The van der Waals surface area contributed by atoms with E-state index in [-0.39, 0.29) is 11.0 Å². The Balaban J connectivity index is 1.63. The number of carbonyl (C=O) groups is 1. The van der Waals surface area contributed by atoms with Crippen molar-refractivity contribution in [3.63, 3.8) is 0 Å². The van der Waals surface area contributed by atoms with Crippen molar-refractivity contribution in [3.05, 3.63) is 100 Å². The number of carboxylic acids is 1. The lowest BCUT2D eigenvalue weighted by atomic mass is 10.0. The van der Waals surface area contributed by atoms with Gasteiger partial charge < -0.3 is 9.67 Å². The van der Waals surface area contributed by atoms with Crippen LogP contribution in [0.3, 0.4) is 0 Å². The van der Waals surface area contributed by atoms with Crippen LogP contribution < -0.4 is 5.43 Å². The lowest BCUT2D eigenvalue weighted by molar-refractivity contribution is 0.0696. The van der Waals surface area contributed by atoms with E-state index in [0.717, 1.165) is 16.6 Å². The summed E-state index contributed by atoms with van der Waals surface area (Å²) in [7, 11) is 0. The topological polar surface area (TPSA) is 90.0 Å². The smallest absolute Gasteiger partial charge is 0.337 e. The number of rotatable bonds is 4. The molecule has 0 atom stereocenters. The van der Waals surface area contributed by atoms with E-state index < -0.39 is 5.97 Å². The number of carboxylic acid groups (broad SMARTS) is 1. The molecule has 0 saturated heterocycles. The molecule has 7 heteroatoms. The van der Waals surface area contributed by atoms with E-state index in [9.17, 15) is 14.7 Å². The van der Waals surface area contributed by atoms with Crippen LogP contribution in [0, 0.1) is 0 Å². The Bertz CT molecular complexity index is 1430. The summed E-state index contributed by atoms with van der Waals surface area (Å²) in [6, 6.07) is 21.6. The first-order chi connectivity index (χ1) is 14.6. The van der Waals surface area contributed by atoms with Crippen LogP contribution in [-0.4, -0.2) is 30.6 Å². The second-order valence-corrected chi connectivity index (χ2v) is 6.95. The van der Waals surface area contributed by atoms with Crippen molar-refractivity contribution in [1.82, 2.24) is 19.6 Å². The highest BCUT2D eigenvalue weighted by atomic mass is 16.4. The first-order valence-corrected chi connectivity index (χ1v) is 9.37. The molecule has 0 fully saturated rings. The number of hydrogen-bond donors (Lipinski definition) is 1. The number of aromatic carboxylic acids is 1. The second kappa shape index (κ2) is 6.97. The molecular formula is C23H16N4O3. The zero-order chi connectivity index (χ0) is 20.7. The van der Waals surface area contributed by atoms with Gasteiger partial charge in [-0.1, -0.05) is 41.6 Å². The lowest BCUT2D eigenvalue weighted by Gasteiger charge is -2.17. The minimum Gasteiger partial charge on any atom is -0.478 e. The Hall–Kier alpha value is -4.26. The fourth-order valence-corrected chi connectivity index (χ4v) is 3.73. The molecule has 1 aliphatic carbocycles. The SMILES string of the molecule is O=C(O)c1ccccc1-n1cc(Cn2c3cccc(=O)c-3cc3ccccc32)nn1. The van der Waals surface area contributed by atoms with Crippen LogP contribution in [0.15, 0.2) is 83.8 Å². The van der Waals surface area contributed by atoms with Gasteiger partial charge in [-0.2, -0.15) is 0 Å². The van der Waals surface area contributed by atoms with Crippen molar-refractivity contribution in [2.75, 3.05) is 0 Å². The van der Waals surface area contributed by atoms with Crippen LogP contribution in [0.2, 0.25) is 0 Å². The van der Waals surface area contributed by atoms with Gasteiger partial charge in [-0.15, -0.1) is 5.10 Å². The summed E-state index contributed by atoms with van der Waals surface area (Å²) in [6.07, 6.45) is 1.71. The Labute approximate surface area is 170 Å². The van der Waals surface area contributed by atoms with Crippen LogP contribution in [0.25, 0.3) is 27.8 Å². The van der Waals surface area contributed by atoms with Crippen molar-refractivity contribution in [3.8, 4) is 16.9 Å². The number of nitrogens with zero attached hydrogens (tertiary/aromatic N) is 4. The first-order valence-electron chi connectivity index (χ1n) is 9.37. The number of hydrogen-bond acceptors (Lipinski definition) is 4. The molecular weight excluding hydrogens is 380 g/mol. The van der Waals surface area contributed by atoms with Crippen molar-refractivity contribution in [1.29, 1.82) is 0 Å². The summed E-state index contributed by atoms with van der Waals surface area (Å²) in [5.74, 6) is -1.03. The van der Waals surface area contributed by atoms with Gasteiger partial charge >= 0.3 is 5.97 Å². The molecule has 1 aliphatic heterocycles. The summed E-state index contributed by atoms with van der Waals surface area (Å²) in [4.78, 5) is 23.9. The van der Waals surface area contributed by atoms with E-state index in [1.165, 1.54) is 10.7 Å². The van der Waals surface area contributed by atoms with Gasteiger partial charge in [0.05, 0.1) is 29.7 Å². The van der Waals surface area contributed by atoms with E-state index >= 15 is 0 Å².